The second-order valence-electron chi connectivity index (χ2n) is 4.28. The molecule has 5 nitrogen and oxygen atoms in total. The SMILES string of the molecule is COc1ccc(NC(=O)CN(C)C(C)CN)cc1.Cl. The standard InChI is InChI=1S/C13H21N3O2.ClH/c1-10(8-14)16(2)9-13(17)15-11-4-6-12(18-3)7-5-11;/h4-7,10H,8-9,14H2,1-3H3,(H,15,17);1H. The van der Waals surface area contributed by atoms with Crippen LogP contribution in [0.25, 0.3) is 0 Å². The maximum absolute atomic E-state index is 11.8. The van der Waals surface area contributed by atoms with E-state index < -0.39 is 0 Å². The highest BCUT2D eigenvalue weighted by molar-refractivity contribution is 5.92. The van der Waals surface area contributed by atoms with Gasteiger partial charge in [0.05, 0.1) is 13.7 Å². The molecule has 0 saturated heterocycles. The predicted molar refractivity (Wildman–Crippen MR) is 80.0 cm³/mol. The summed E-state index contributed by atoms with van der Waals surface area (Å²) in [7, 11) is 3.49. The van der Waals surface area contributed by atoms with Gasteiger partial charge in [-0.3, -0.25) is 9.69 Å². The maximum Gasteiger partial charge on any atom is 0.238 e. The summed E-state index contributed by atoms with van der Waals surface area (Å²) in [5.74, 6) is 0.713. The number of rotatable bonds is 6. The number of likely N-dealkylation sites (N-methyl/N-ethyl adjacent to an activating group) is 1. The molecule has 6 heteroatoms. The van der Waals surface area contributed by atoms with Crippen LogP contribution in [-0.2, 0) is 4.79 Å². The molecule has 3 N–H and O–H groups in total. The average Bonchev–Trinajstić information content (AvgIpc) is 2.38. The van der Waals surface area contributed by atoms with E-state index in [1.807, 2.05) is 43.1 Å². The third-order valence-corrected chi connectivity index (χ3v) is 2.86. The van der Waals surface area contributed by atoms with Gasteiger partial charge in [-0.2, -0.15) is 0 Å². The summed E-state index contributed by atoms with van der Waals surface area (Å²) in [5, 5.41) is 2.83. The molecule has 1 aromatic rings. The zero-order chi connectivity index (χ0) is 13.5. The van der Waals surface area contributed by atoms with Crippen molar-refractivity contribution in [3.05, 3.63) is 24.3 Å². The molecule has 0 bridgehead atoms. The summed E-state index contributed by atoms with van der Waals surface area (Å²) < 4.78 is 5.05. The molecular weight excluding hydrogens is 266 g/mol. The van der Waals surface area contributed by atoms with Crippen LogP contribution in [-0.4, -0.2) is 44.1 Å². The van der Waals surface area contributed by atoms with E-state index in [1.54, 1.807) is 7.11 Å². The van der Waals surface area contributed by atoms with Crippen molar-refractivity contribution in [2.45, 2.75) is 13.0 Å². The number of benzene rings is 1. The summed E-state index contributed by atoms with van der Waals surface area (Å²) in [6.07, 6.45) is 0. The number of nitrogens with one attached hydrogen (secondary N) is 1. The summed E-state index contributed by atoms with van der Waals surface area (Å²) >= 11 is 0. The minimum Gasteiger partial charge on any atom is -0.497 e. The first kappa shape index (κ1) is 17.7. The van der Waals surface area contributed by atoms with Gasteiger partial charge in [-0.05, 0) is 38.2 Å². The van der Waals surface area contributed by atoms with Crippen molar-refractivity contribution < 1.29 is 9.53 Å². The van der Waals surface area contributed by atoms with Crippen LogP contribution >= 0.6 is 12.4 Å². The number of anilines is 1. The lowest BCUT2D eigenvalue weighted by molar-refractivity contribution is -0.117. The van der Waals surface area contributed by atoms with Gasteiger partial charge < -0.3 is 15.8 Å². The number of hydrogen-bond donors (Lipinski definition) is 2. The first-order chi connectivity index (χ1) is 8.56. The van der Waals surface area contributed by atoms with Crippen molar-refractivity contribution in [1.29, 1.82) is 0 Å². The van der Waals surface area contributed by atoms with Gasteiger partial charge in [0.15, 0.2) is 0 Å². The van der Waals surface area contributed by atoms with Crippen LogP contribution in [0.15, 0.2) is 24.3 Å². The van der Waals surface area contributed by atoms with Crippen molar-refractivity contribution in [3.8, 4) is 5.75 Å². The Morgan fingerprint density at radius 2 is 2.00 bits per heavy atom. The monoisotopic (exact) mass is 287 g/mol. The van der Waals surface area contributed by atoms with E-state index in [0.29, 0.717) is 13.1 Å². The summed E-state index contributed by atoms with van der Waals surface area (Å²) in [5.41, 5.74) is 6.30. The van der Waals surface area contributed by atoms with Gasteiger partial charge in [-0.1, -0.05) is 0 Å². The first-order valence-corrected chi connectivity index (χ1v) is 5.91. The summed E-state index contributed by atoms with van der Waals surface area (Å²) in [6, 6.07) is 7.42. The van der Waals surface area contributed by atoms with Crippen molar-refractivity contribution in [2.24, 2.45) is 5.73 Å². The number of nitrogens with zero attached hydrogens (tertiary/aromatic N) is 1. The smallest absolute Gasteiger partial charge is 0.238 e. The van der Waals surface area contributed by atoms with Crippen LogP contribution in [0, 0.1) is 0 Å². The molecule has 0 aromatic heterocycles. The second kappa shape index (κ2) is 8.74. The fraction of sp³-hybridized carbons (Fsp3) is 0.462. The molecule has 1 amide bonds. The Balaban J connectivity index is 0.00000324. The lowest BCUT2D eigenvalue weighted by Crippen LogP contribution is -2.40. The van der Waals surface area contributed by atoms with Crippen LogP contribution in [0.5, 0.6) is 5.75 Å². The van der Waals surface area contributed by atoms with Gasteiger partial charge in [-0.25, -0.2) is 0 Å². The predicted octanol–water partition coefficient (Wildman–Crippen LogP) is 1.33. The molecule has 1 rings (SSSR count). The Bertz CT molecular complexity index is 384. The van der Waals surface area contributed by atoms with Crippen LogP contribution in [0.2, 0.25) is 0 Å². The molecular formula is C13H22ClN3O2. The fourth-order valence-corrected chi connectivity index (χ4v) is 1.44. The van der Waals surface area contributed by atoms with Gasteiger partial charge >= 0.3 is 0 Å². The number of carbonyl (C=O) groups excluding carboxylic acids is 1. The van der Waals surface area contributed by atoms with E-state index >= 15 is 0 Å². The molecule has 1 unspecified atom stereocenters. The number of ether oxygens (including phenoxy) is 1. The van der Waals surface area contributed by atoms with Gasteiger partial charge in [0, 0.05) is 18.3 Å². The largest absolute Gasteiger partial charge is 0.497 e. The number of amides is 1. The van der Waals surface area contributed by atoms with Crippen LogP contribution in [0.4, 0.5) is 5.69 Å². The average molecular weight is 288 g/mol. The zero-order valence-corrected chi connectivity index (χ0v) is 12.4. The summed E-state index contributed by atoms with van der Waals surface area (Å²) in [6.45, 7) is 2.84. The van der Waals surface area contributed by atoms with Crippen molar-refractivity contribution >= 4 is 24.0 Å². The first-order valence-electron chi connectivity index (χ1n) is 5.91. The second-order valence-corrected chi connectivity index (χ2v) is 4.28. The van der Waals surface area contributed by atoms with E-state index in [9.17, 15) is 4.79 Å². The molecule has 0 aliphatic heterocycles. The van der Waals surface area contributed by atoms with Crippen molar-refractivity contribution in [1.82, 2.24) is 4.90 Å². The molecule has 0 saturated carbocycles. The molecule has 0 aliphatic rings. The summed E-state index contributed by atoms with van der Waals surface area (Å²) in [4.78, 5) is 13.7. The third kappa shape index (κ3) is 5.92. The van der Waals surface area contributed by atoms with Gasteiger partial charge in [-0.15, -0.1) is 12.4 Å². The molecule has 1 atom stereocenters. The Kier molecular flexibility index (Phi) is 8.14. The number of nitrogens with two attached hydrogens (primary N) is 1. The minimum atomic E-state index is -0.0528. The van der Waals surface area contributed by atoms with Gasteiger partial charge in [0.2, 0.25) is 5.91 Å². The van der Waals surface area contributed by atoms with Gasteiger partial charge in [0.1, 0.15) is 5.75 Å². The highest BCUT2D eigenvalue weighted by Crippen LogP contribution is 2.14. The van der Waals surface area contributed by atoms with E-state index in [4.69, 9.17) is 10.5 Å². The van der Waals surface area contributed by atoms with Crippen LogP contribution in [0.3, 0.4) is 0 Å². The number of carbonyl (C=O) groups is 1. The number of hydrogen-bond acceptors (Lipinski definition) is 4. The molecule has 1 aromatic carbocycles. The minimum absolute atomic E-state index is 0. The molecule has 108 valence electrons. The molecule has 19 heavy (non-hydrogen) atoms. The highest BCUT2D eigenvalue weighted by atomic mass is 35.5. The Hall–Kier alpha value is -1.30. The number of halogens is 1. The van der Waals surface area contributed by atoms with Crippen molar-refractivity contribution in [2.75, 3.05) is 32.6 Å². The highest BCUT2D eigenvalue weighted by Gasteiger charge is 2.11. The number of methoxy groups -OCH3 is 1. The molecule has 0 radical (unpaired) electrons. The molecule has 0 aliphatic carbocycles. The molecule has 0 heterocycles. The van der Waals surface area contributed by atoms with E-state index in [0.717, 1.165) is 11.4 Å². The molecule has 0 spiro atoms. The maximum atomic E-state index is 11.8. The van der Waals surface area contributed by atoms with E-state index in [2.05, 4.69) is 5.32 Å². The topological polar surface area (TPSA) is 67.6 Å². The molecule has 0 fully saturated rings. The zero-order valence-electron chi connectivity index (χ0n) is 11.6. The Labute approximate surface area is 120 Å². The lowest BCUT2D eigenvalue weighted by Gasteiger charge is -2.22. The normalized spacial score (nSPS) is 11.6. The van der Waals surface area contributed by atoms with Crippen LogP contribution < -0.4 is 15.8 Å². The van der Waals surface area contributed by atoms with Crippen LogP contribution in [0.1, 0.15) is 6.92 Å². The Morgan fingerprint density at radius 3 is 2.47 bits per heavy atom. The van der Waals surface area contributed by atoms with Crippen molar-refractivity contribution in [3.63, 3.8) is 0 Å². The third-order valence-electron chi connectivity index (χ3n) is 2.86. The fourth-order valence-electron chi connectivity index (χ4n) is 1.44. The Morgan fingerprint density at radius 1 is 1.42 bits per heavy atom. The lowest BCUT2D eigenvalue weighted by atomic mass is 10.3. The quantitative estimate of drug-likeness (QED) is 0.828. The van der Waals surface area contributed by atoms with Gasteiger partial charge in [0.25, 0.3) is 0 Å². The van der Waals surface area contributed by atoms with E-state index in [-0.39, 0.29) is 24.4 Å². The van der Waals surface area contributed by atoms with E-state index in [1.165, 1.54) is 0 Å².